The first-order valence-corrected chi connectivity index (χ1v) is 5.75. The van der Waals surface area contributed by atoms with Crippen LogP contribution in [0.3, 0.4) is 0 Å². The maximum atomic E-state index is 11.9. The molecule has 0 aliphatic carbocycles. The monoisotopic (exact) mass is 229 g/mol. The molecule has 5 heteroatoms. The van der Waals surface area contributed by atoms with Crippen LogP contribution >= 0.6 is 11.8 Å². The minimum Gasteiger partial charge on any atom is -0.316 e. The molecule has 0 bridgehead atoms. The predicted octanol–water partition coefficient (Wildman–Crippen LogP) is 3.06. The van der Waals surface area contributed by atoms with Crippen LogP contribution in [0.2, 0.25) is 0 Å². The van der Waals surface area contributed by atoms with Crippen molar-refractivity contribution in [2.75, 3.05) is 12.8 Å². The second-order valence-electron chi connectivity index (χ2n) is 3.52. The van der Waals surface area contributed by atoms with Gasteiger partial charge in [-0.3, -0.25) is 0 Å². The molecule has 0 amide bonds. The van der Waals surface area contributed by atoms with E-state index >= 15 is 0 Å². The van der Waals surface area contributed by atoms with Crippen molar-refractivity contribution in [1.82, 2.24) is 5.32 Å². The van der Waals surface area contributed by atoms with Crippen LogP contribution in [0.1, 0.15) is 26.7 Å². The highest BCUT2D eigenvalue weighted by Gasteiger charge is 2.27. The maximum absolute atomic E-state index is 11.9. The van der Waals surface area contributed by atoms with Gasteiger partial charge >= 0.3 is 6.18 Å². The van der Waals surface area contributed by atoms with Crippen molar-refractivity contribution in [1.29, 1.82) is 0 Å². The molecule has 0 aromatic carbocycles. The van der Waals surface area contributed by atoms with Crippen molar-refractivity contribution in [3.63, 3.8) is 0 Å². The van der Waals surface area contributed by atoms with Gasteiger partial charge in [-0.2, -0.15) is 24.9 Å². The summed E-state index contributed by atoms with van der Waals surface area (Å²) < 4.78 is 35.7. The van der Waals surface area contributed by atoms with Crippen molar-refractivity contribution in [2.45, 2.75) is 44.2 Å². The summed E-state index contributed by atoms with van der Waals surface area (Å²) in [5, 5.41) is 3.38. The van der Waals surface area contributed by atoms with Gasteiger partial charge in [0, 0.05) is 18.2 Å². The molecular formula is C9H18F3NS. The summed E-state index contributed by atoms with van der Waals surface area (Å²) in [7, 11) is 1.71. The molecule has 0 spiro atoms. The maximum Gasteiger partial charge on any atom is 0.389 e. The van der Waals surface area contributed by atoms with Crippen molar-refractivity contribution >= 4 is 11.8 Å². The van der Waals surface area contributed by atoms with E-state index < -0.39 is 12.6 Å². The van der Waals surface area contributed by atoms with Crippen LogP contribution in [0.25, 0.3) is 0 Å². The summed E-state index contributed by atoms with van der Waals surface area (Å²) >= 11 is 1.68. The number of alkyl halides is 3. The summed E-state index contributed by atoms with van der Waals surface area (Å²) in [6.07, 6.45) is -4.56. The van der Waals surface area contributed by atoms with E-state index in [1.165, 1.54) is 0 Å². The third-order valence-corrected chi connectivity index (χ3v) is 3.08. The molecule has 0 aliphatic heterocycles. The van der Waals surface area contributed by atoms with Gasteiger partial charge in [-0.25, -0.2) is 0 Å². The van der Waals surface area contributed by atoms with Crippen molar-refractivity contribution in [3.8, 4) is 0 Å². The van der Waals surface area contributed by atoms with Gasteiger partial charge in [0.25, 0.3) is 0 Å². The molecule has 0 aromatic heterocycles. The molecule has 0 aliphatic rings. The van der Waals surface area contributed by atoms with E-state index in [1.54, 1.807) is 18.8 Å². The van der Waals surface area contributed by atoms with Crippen molar-refractivity contribution < 1.29 is 13.2 Å². The quantitative estimate of drug-likeness (QED) is 0.751. The Morgan fingerprint density at radius 1 is 1.29 bits per heavy atom. The van der Waals surface area contributed by atoms with E-state index in [1.807, 2.05) is 13.8 Å². The standard InChI is InChI=1S/C9H18F3NS/c1-7(2)14-6-8(13-3)4-5-9(10,11)12/h7-8,13H,4-6H2,1-3H3. The fraction of sp³-hybridized carbons (Fsp3) is 1.00. The SMILES string of the molecule is CNC(CCC(F)(F)F)CSC(C)C. The van der Waals surface area contributed by atoms with Gasteiger partial charge in [0.15, 0.2) is 0 Å². The first-order valence-electron chi connectivity index (χ1n) is 4.70. The lowest BCUT2D eigenvalue weighted by Gasteiger charge is -2.17. The molecule has 0 aromatic rings. The lowest BCUT2D eigenvalue weighted by Crippen LogP contribution is -2.29. The molecule has 0 saturated carbocycles. The molecule has 0 radical (unpaired) electrons. The number of halogens is 3. The Labute approximate surface area is 87.8 Å². The second-order valence-corrected chi connectivity index (χ2v) is 5.13. The number of hydrogen-bond donors (Lipinski definition) is 1. The average Bonchev–Trinajstić information content (AvgIpc) is 2.02. The van der Waals surface area contributed by atoms with Crippen molar-refractivity contribution in [3.05, 3.63) is 0 Å². The summed E-state index contributed by atoms with van der Waals surface area (Å²) in [6.45, 7) is 4.09. The summed E-state index contributed by atoms with van der Waals surface area (Å²) in [4.78, 5) is 0. The molecule has 0 saturated heterocycles. The van der Waals surface area contributed by atoms with Crippen LogP contribution < -0.4 is 5.32 Å². The fourth-order valence-corrected chi connectivity index (χ4v) is 1.91. The Morgan fingerprint density at radius 2 is 1.86 bits per heavy atom. The molecular weight excluding hydrogens is 211 g/mol. The number of thioether (sulfide) groups is 1. The molecule has 0 heterocycles. The van der Waals surface area contributed by atoms with Crippen LogP contribution in [0.5, 0.6) is 0 Å². The molecule has 1 atom stereocenters. The van der Waals surface area contributed by atoms with Crippen LogP contribution in [-0.4, -0.2) is 30.3 Å². The molecule has 0 rings (SSSR count). The Hall–Kier alpha value is 0.100. The molecule has 1 unspecified atom stereocenters. The minimum absolute atomic E-state index is 0.0379. The average molecular weight is 229 g/mol. The van der Waals surface area contributed by atoms with Gasteiger partial charge in [-0.15, -0.1) is 0 Å². The Kier molecular flexibility index (Phi) is 6.61. The van der Waals surface area contributed by atoms with Crippen LogP contribution in [0, 0.1) is 0 Å². The van der Waals surface area contributed by atoms with E-state index in [2.05, 4.69) is 5.32 Å². The van der Waals surface area contributed by atoms with Crippen molar-refractivity contribution in [2.24, 2.45) is 0 Å². The van der Waals surface area contributed by atoms with Gasteiger partial charge in [0.2, 0.25) is 0 Å². The zero-order valence-corrected chi connectivity index (χ0v) is 9.63. The molecule has 1 nitrogen and oxygen atoms in total. The normalized spacial score (nSPS) is 14.8. The first kappa shape index (κ1) is 14.1. The topological polar surface area (TPSA) is 12.0 Å². The largest absolute Gasteiger partial charge is 0.389 e. The molecule has 14 heavy (non-hydrogen) atoms. The predicted molar refractivity (Wildman–Crippen MR) is 55.7 cm³/mol. The van der Waals surface area contributed by atoms with Gasteiger partial charge in [0.1, 0.15) is 0 Å². The third kappa shape index (κ3) is 8.69. The Balaban J connectivity index is 3.69. The highest BCUT2D eigenvalue weighted by molar-refractivity contribution is 7.99. The number of nitrogens with one attached hydrogen (secondary N) is 1. The van der Waals surface area contributed by atoms with E-state index in [9.17, 15) is 13.2 Å². The first-order chi connectivity index (χ1) is 6.35. The van der Waals surface area contributed by atoms with Gasteiger partial charge in [-0.05, 0) is 18.7 Å². The second kappa shape index (κ2) is 6.56. The lowest BCUT2D eigenvalue weighted by molar-refractivity contribution is -0.136. The smallest absolute Gasteiger partial charge is 0.316 e. The van der Waals surface area contributed by atoms with Crippen LogP contribution in [0.15, 0.2) is 0 Å². The molecule has 0 fully saturated rings. The number of hydrogen-bond acceptors (Lipinski definition) is 2. The van der Waals surface area contributed by atoms with Crippen LogP contribution in [-0.2, 0) is 0 Å². The van der Waals surface area contributed by atoms with E-state index in [-0.39, 0.29) is 12.5 Å². The number of rotatable bonds is 6. The van der Waals surface area contributed by atoms with E-state index in [0.29, 0.717) is 5.25 Å². The third-order valence-electron chi connectivity index (χ3n) is 1.82. The summed E-state index contributed by atoms with van der Waals surface area (Å²) in [6, 6.07) is -0.0379. The molecule has 86 valence electrons. The fourth-order valence-electron chi connectivity index (χ4n) is 0.958. The zero-order valence-electron chi connectivity index (χ0n) is 8.82. The van der Waals surface area contributed by atoms with Crippen LogP contribution in [0.4, 0.5) is 13.2 Å². The zero-order chi connectivity index (χ0) is 11.2. The van der Waals surface area contributed by atoms with E-state index in [4.69, 9.17) is 0 Å². The highest BCUT2D eigenvalue weighted by atomic mass is 32.2. The Bertz CT molecular complexity index is 147. The van der Waals surface area contributed by atoms with E-state index in [0.717, 1.165) is 5.75 Å². The van der Waals surface area contributed by atoms with Gasteiger partial charge in [-0.1, -0.05) is 13.8 Å². The minimum atomic E-state index is -4.03. The summed E-state index contributed by atoms with van der Waals surface area (Å²) in [5.41, 5.74) is 0. The Morgan fingerprint density at radius 3 is 2.21 bits per heavy atom. The van der Waals surface area contributed by atoms with Gasteiger partial charge in [0.05, 0.1) is 0 Å². The lowest BCUT2D eigenvalue weighted by atomic mass is 10.2. The highest BCUT2D eigenvalue weighted by Crippen LogP contribution is 2.23. The summed E-state index contributed by atoms with van der Waals surface area (Å²) in [5.74, 6) is 0.740. The van der Waals surface area contributed by atoms with Gasteiger partial charge < -0.3 is 5.32 Å². The molecule has 1 N–H and O–H groups in total.